The number of nitrogens with zero attached hydrogens (tertiary/aromatic N) is 2. The van der Waals surface area contributed by atoms with Gasteiger partial charge in [0.25, 0.3) is 0 Å². The van der Waals surface area contributed by atoms with E-state index in [1.54, 1.807) is 0 Å². The second kappa shape index (κ2) is 9.92. The first-order valence-electron chi connectivity index (χ1n) is 8.13. The highest BCUT2D eigenvalue weighted by molar-refractivity contribution is 6.31. The van der Waals surface area contributed by atoms with Gasteiger partial charge in [0.05, 0.1) is 22.3 Å². The summed E-state index contributed by atoms with van der Waals surface area (Å²) in [5, 5.41) is 0.731. The molecular formula is C18H25Cl2N3O. The number of carbonyl (C=O) groups is 1. The van der Waals surface area contributed by atoms with Crippen LogP contribution in [0.1, 0.15) is 45.2 Å². The van der Waals surface area contributed by atoms with Crippen molar-refractivity contribution in [3.8, 4) is 0 Å². The number of aromatic nitrogens is 2. The molecule has 0 saturated heterocycles. The second-order valence-corrected chi connectivity index (χ2v) is 6.29. The van der Waals surface area contributed by atoms with Crippen molar-refractivity contribution in [3.05, 3.63) is 45.5 Å². The normalized spacial score (nSPS) is 16.2. The van der Waals surface area contributed by atoms with Gasteiger partial charge in [0, 0.05) is 0 Å². The summed E-state index contributed by atoms with van der Waals surface area (Å²) in [5.41, 5.74) is 7.35. The summed E-state index contributed by atoms with van der Waals surface area (Å²) < 4.78 is 0. The zero-order chi connectivity index (χ0) is 18.2. The molecule has 132 valence electrons. The molecule has 0 amide bonds. The van der Waals surface area contributed by atoms with E-state index in [0.717, 1.165) is 37.7 Å². The summed E-state index contributed by atoms with van der Waals surface area (Å²) >= 11 is 11.9. The van der Waals surface area contributed by atoms with Gasteiger partial charge in [0.15, 0.2) is 0 Å². The van der Waals surface area contributed by atoms with E-state index in [1.807, 2.05) is 6.92 Å². The van der Waals surface area contributed by atoms with Crippen LogP contribution in [0.2, 0.25) is 10.3 Å². The highest BCUT2D eigenvalue weighted by Gasteiger charge is 2.46. The van der Waals surface area contributed by atoms with Crippen LogP contribution in [0.4, 0.5) is 0 Å². The van der Waals surface area contributed by atoms with Gasteiger partial charge in [-0.1, -0.05) is 30.7 Å². The SMILES string of the molecule is C/C=C(CCc1nc(Cl)ncc1Cl)\C(=C/CC)C1(C=O)CC1.CN. The van der Waals surface area contributed by atoms with Gasteiger partial charge in [0.2, 0.25) is 5.28 Å². The molecule has 0 aromatic carbocycles. The smallest absolute Gasteiger partial charge is 0.222 e. The Morgan fingerprint density at radius 1 is 1.38 bits per heavy atom. The van der Waals surface area contributed by atoms with Crippen LogP contribution in [-0.4, -0.2) is 23.3 Å². The fraction of sp³-hybridized carbons (Fsp3) is 0.500. The van der Waals surface area contributed by atoms with E-state index in [4.69, 9.17) is 23.2 Å². The summed E-state index contributed by atoms with van der Waals surface area (Å²) in [6.45, 7) is 4.10. The number of rotatable bonds is 7. The van der Waals surface area contributed by atoms with E-state index in [-0.39, 0.29) is 10.7 Å². The van der Waals surface area contributed by atoms with Gasteiger partial charge in [-0.15, -0.1) is 0 Å². The number of halogens is 2. The number of hydrogen-bond acceptors (Lipinski definition) is 4. The second-order valence-electron chi connectivity index (χ2n) is 5.55. The van der Waals surface area contributed by atoms with Gasteiger partial charge < -0.3 is 10.5 Å². The molecular weight excluding hydrogens is 345 g/mol. The molecule has 1 aliphatic carbocycles. The number of nitrogens with two attached hydrogens (primary N) is 1. The summed E-state index contributed by atoms with van der Waals surface area (Å²) in [7, 11) is 1.50. The van der Waals surface area contributed by atoms with Crippen LogP contribution >= 0.6 is 23.2 Å². The molecule has 4 nitrogen and oxygen atoms in total. The molecule has 24 heavy (non-hydrogen) atoms. The quantitative estimate of drug-likeness (QED) is 0.434. The number of aldehydes is 1. The van der Waals surface area contributed by atoms with Crippen molar-refractivity contribution < 1.29 is 4.79 Å². The average molecular weight is 370 g/mol. The van der Waals surface area contributed by atoms with Crippen molar-refractivity contribution in [2.45, 2.75) is 46.0 Å². The largest absolute Gasteiger partial charge is 0.333 e. The third-order valence-electron chi connectivity index (χ3n) is 4.07. The minimum Gasteiger partial charge on any atom is -0.333 e. The predicted molar refractivity (Wildman–Crippen MR) is 100 cm³/mol. The van der Waals surface area contributed by atoms with Crippen LogP contribution in [0, 0.1) is 5.41 Å². The van der Waals surface area contributed by atoms with Crippen LogP contribution < -0.4 is 5.73 Å². The van der Waals surface area contributed by atoms with E-state index in [2.05, 4.69) is 34.8 Å². The number of allylic oxidation sites excluding steroid dienone is 4. The zero-order valence-corrected chi connectivity index (χ0v) is 16.0. The topological polar surface area (TPSA) is 68.9 Å². The fourth-order valence-electron chi connectivity index (χ4n) is 2.68. The van der Waals surface area contributed by atoms with E-state index in [1.165, 1.54) is 24.4 Å². The Morgan fingerprint density at radius 3 is 2.54 bits per heavy atom. The molecule has 2 N–H and O–H groups in total. The third kappa shape index (κ3) is 5.13. The van der Waals surface area contributed by atoms with Crippen molar-refractivity contribution in [1.82, 2.24) is 9.97 Å². The van der Waals surface area contributed by atoms with Crippen molar-refractivity contribution in [3.63, 3.8) is 0 Å². The molecule has 0 unspecified atom stereocenters. The van der Waals surface area contributed by atoms with Crippen molar-refractivity contribution in [1.29, 1.82) is 0 Å². The van der Waals surface area contributed by atoms with Gasteiger partial charge in [-0.2, -0.15) is 0 Å². The van der Waals surface area contributed by atoms with Gasteiger partial charge in [-0.05, 0) is 68.8 Å². The fourth-order valence-corrected chi connectivity index (χ4v) is 3.02. The Labute approximate surface area is 154 Å². The summed E-state index contributed by atoms with van der Waals surface area (Å²) in [6, 6.07) is 0. The Hall–Kier alpha value is -1.23. The molecule has 1 heterocycles. The Kier molecular flexibility index (Phi) is 8.60. The summed E-state index contributed by atoms with van der Waals surface area (Å²) in [4.78, 5) is 19.5. The minimum atomic E-state index is -0.259. The minimum absolute atomic E-state index is 0.206. The highest BCUT2D eigenvalue weighted by atomic mass is 35.5. The molecule has 0 atom stereocenters. The van der Waals surface area contributed by atoms with Crippen molar-refractivity contribution in [2.24, 2.45) is 11.1 Å². The first-order chi connectivity index (χ1) is 11.6. The standard InChI is InChI=1S/C17H20Cl2N2O.CH5N/c1-3-5-13(17(11-22)8-9-17)12(4-2)6-7-15-14(18)10-20-16(19)21-15;1-2/h4-5,10-11H,3,6-9H2,1-2H3;2H2,1H3/b12-4-,13-5+;. The maximum absolute atomic E-state index is 11.5. The molecule has 1 aromatic heterocycles. The molecule has 0 radical (unpaired) electrons. The Bertz CT molecular complexity index is 623. The summed E-state index contributed by atoms with van der Waals surface area (Å²) in [5.74, 6) is 0. The van der Waals surface area contributed by atoms with E-state index < -0.39 is 0 Å². The number of hydrogen-bond donors (Lipinski definition) is 1. The monoisotopic (exact) mass is 369 g/mol. The average Bonchev–Trinajstić information content (AvgIpc) is 3.40. The maximum atomic E-state index is 11.5. The van der Waals surface area contributed by atoms with Crippen LogP contribution in [0.15, 0.2) is 29.5 Å². The number of aryl methyl sites for hydroxylation is 1. The molecule has 1 aliphatic rings. The number of carbonyl (C=O) groups excluding carboxylic acids is 1. The van der Waals surface area contributed by atoms with Gasteiger partial charge in [-0.3, -0.25) is 0 Å². The van der Waals surface area contributed by atoms with Gasteiger partial charge in [-0.25, -0.2) is 9.97 Å². The van der Waals surface area contributed by atoms with Crippen LogP contribution in [0.25, 0.3) is 0 Å². The lowest BCUT2D eigenvalue weighted by molar-refractivity contribution is -0.111. The molecule has 1 fully saturated rings. The Balaban J connectivity index is 0.00000139. The molecule has 0 spiro atoms. The molecule has 2 rings (SSSR count). The van der Waals surface area contributed by atoms with Crippen LogP contribution in [0.3, 0.4) is 0 Å². The van der Waals surface area contributed by atoms with Crippen LogP contribution in [0.5, 0.6) is 0 Å². The molecule has 0 aliphatic heterocycles. The first kappa shape index (κ1) is 20.8. The van der Waals surface area contributed by atoms with Gasteiger partial charge >= 0.3 is 0 Å². The van der Waals surface area contributed by atoms with Gasteiger partial charge in [0.1, 0.15) is 6.29 Å². The lowest BCUT2D eigenvalue weighted by Crippen LogP contribution is -2.10. The third-order valence-corrected chi connectivity index (χ3v) is 4.57. The predicted octanol–water partition coefficient (Wildman–Crippen LogP) is 4.55. The molecule has 6 heteroatoms. The van der Waals surface area contributed by atoms with Crippen LogP contribution in [-0.2, 0) is 11.2 Å². The molecule has 1 aromatic rings. The highest BCUT2D eigenvalue weighted by Crippen LogP contribution is 2.53. The Morgan fingerprint density at radius 2 is 2.04 bits per heavy atom. The van der Waals surface area contributed by atoms with E-state index >= 15 is 0 Å². The lowest BCUT2D eigenvalue weighted by atomic mass is 9.87. The zero-order valence-electron chi connectivity index (χ0n) is 14.5. The molecule has 1 saturated carbocycles. The lowest BCUT2D eigenvalue weighted by Gasteiger charge is -2.17. The molecule has 0 bridgehead atoms. The van der Waals surface area contributed by atoms with Crippen molar-refractivity contribution >= 4 is 29.5 Å². The van der Waals surface area contributed by atoms with E-state index in [9.17, 15) is 4.79 Å². The van der Waals surface area contributed by atoms with Crippen molar-refractivity contribution in [2.75, 3.05) is 7.05 Å². The first-order valence-corrected chi connectivity index (χ1v) is 8.89. The maximum Gasteiger partial charge on any atom is 0.222 e. The summed E-state index contributed by atoms with van der Waals surface area (Å²) in [6.07, 6.45) is 11.2. The van der Waals surface area contributed by atoms with E-state index in [0.29, 0.717) is 11.4 Å².